The molecule has 0 fully saturated rings. The Labute approximate surface area is 130 Å². The summed E-state index contributed by atoms with van der Waals surface area (Å²) in [6, 6.07) is 0. The molecule has 0 aromatic rings. The summed E-state index contributed by atoms with van der Waals surface area (Å²) in [6.07, 6.45) is -3.16. The molecule has 0 heterocycles. The molecule has 0 saturated carbocycles. The van der Waals surface area contributed by atoms with Crippen molar-refractivity contribution < 1.29 is 38.1 Å². The average Bonchev–Trinajstić information content (AvgIpc) is 2.38. The third kappa shape index (κ3) is 7.37. The van der Waals surface area contributed by atoms with Gasteiger partial charge in [0.1, 0.15) is 24.9 Å². The topological polar surface area (TPSA) is 97.4 Å². The quantitative estimate of drug-likeness (QED) is 0.446. The Hall–Kier alpha value is -1.67. The zero-order valence-corrected chi connectivity index (χ0v) is 13.8. The maximum Gasteiger partial charge on any atom is 0.303 e. The Morgan fingerprint density at radius 1 is 0.818 bits per heavy atom. The molecule has 0 rings (SSSR count). The average molecular weight is 320 g/mol. The minimum absolute atomic E-state index is 0.129. The van der Waals surface area contributed by atoms with Gasteiger partial charge in [-0.3, -0.25) is 14.4 Å². The fourth-order valence-corrected chi connectivity index (χ4v) is 1.96. The normalized spacial score (nSPS) is 16.1. The van der Waals surface area contributed by atoms with Crippen molar-refractivity contribution in [1.82, 2.24) is 0 Å². The molecule has 0 bridgehead atoms. The highest BCUT2D eigenvalue weighted by molar-refractivity contribution is 5.67. The van der Waals surface area contributed by atoms with E-state index in [1.165, 1.54) is 35.0 Å². The molecule has 22 heavy (non-hydrogen) atoms. The molecular weight excluding hydrogens is 296 g/mol. The van der Waals surface area contributed by atoms with Gasteiger partial charge in [-0.15, -0.1) is 0 Å². The number of carbonyl (C=O) groups excluding carboxylic acids is 3. The summed E-state index contributed by atoms with van der Waals surface area (Å²) in [4.78, 5) is 33.4. The summed E-state index contributed by atoms with van der Waals surface area (Å²) in [7, 11) is 2.77. The number of rotatable bonds is 9. The Kier molecular flexibility index (Phi) is 9.35. The lowest BCUT2D eigenvalue weighted by Crippen LogP contribution is -2.50. The molecule has 0 aliphatic heterocycles. The van der Waals surface area contributed by atoms with Crippen molar-refractivity contribution in [2.75, 3.05) is 20.8 Å². The van der Waals surface area contributed by atoms with E-state index in [4.69, 9.17) is 23.7 Å². The zero-order valence-electron chi connectivity index (χ0n) is 13.8. The molecule has 0 aromatic carbocycles. The SMILES string of the molecule is CO[C@@H]([C@@H](OC(C)=O)[C@@H](COC(C)=O)OC)[C@H](C)OC(C)=O. The highest BCUT2D eigenvalue weighted by Gasteiger charge is 2.38. The monoisotopic (exact) mass is 320 g/mol. The van der Waals surface area contributed by atoms with E-state index < -0.39 is 42.3 Å². The van der Waals surface area contributed by atoms with Gasteiger partial charge < -0.3 is 23.7 Å². The van der Waals surface area contributed by atoms with Gasteiger partial charge in [-0.1, -0.05) is 0 Å². The van der Waals surface area contributed by atoms with Gasteiger partial charge in [-0.05, 0) is 6.92 Å². The molecule has 4 atom stereocenters. The first-order valence-corrected chi connectivity index (χ1v) is 6.76. The molecule has 0 spiro atoms. The van der Waals surface area contributed by atoms with E-state index in [1.807, 2.05) is 0 Å². The first kappa shape index (κ1) is 20.3. The Bertz CT molecular complexity index is 381. The van der Waals surface area contributed by atoms with Gasteiger partial charge in [0.2, 0.25) is 0 Å². The number of hydrogen-bond acceptors (Lipinski definition) is 8. The van der Waals surface area contributed by atoms with E-state index in [0.717, 1.165) is 0 Å². The van der Waals surface area contributed by atoms with E-state index in [9.17, 15) is 14.4 Å². The van der Waals surface area contributed by atoms with Gasteiger partial charge in [0, 0.05) is 35.0 Å². The Balaban J connectivity index is 5.20. The van der Waals surface area contributed by atoms with E-state index in [2.05, 4.69) is 0 Å². The van der Waals surface area contributed by atoms with E-state index in [1.54, 1.807) is 6.92 Å². The second-order valence-electron chi connectivity index (χ2n) is 4.67. The van der Waals surface area contributed by atoms with Gasteiger partial charge in [0.05, 0.1) is 0 Å². The predicted octanol–water partition coefficient (Wildman–Crippen LogP) is 0.463. The van der Waals surface area contributed by atoms with Crippen LogP contribution in [-0.4, -0.2) is 63.2 Å². The van der Waals surface area contributed by atoms with Crippen molar-refractivity contribution in [2.24, 2.45) is 0 Å². The molecule has 128 valence electrons. The number of esters is 3. The van der Waals surface area contributed by atoms with Crippen molar-refractivity contribution in [3.05, 3.63) is 0 Å². The summed E-state index contributed by atoms with van der Waals surface area (Å²) in [6.45, 7) is 5.22. The molecule has 0 aromatic heterocycles. The number of carbonyl (C=O) groups is 3. The second kappa shape index (κ2) is 10.1. The van der Waals surface area contributed by atoms with Crippen molar-refractivity contribution in [2.45, 2.75) is 52.1 Å². The van der Waals surface area contributed by atoms with Gasteiger partial charge in [0.25, 0.3) is 0 Å². The van der Waals surface area contributed by atoms with Crippen LogP contribution in [0.5, 0.6) is 0 Å². The minimum Gasteiger partial charge on any atom is -0.463 e. The second-order valence-corrected chi connectivity index (χ2v) is 4.67. The van der Waals surface area contributed by atoms with Crippen LogP contribution in [0.15, 0.2) is 0 Å². The summed E-state index contributed by atoms with van der Waals surface area (Å²) in [5.41, 5.74) is 0. The molecule has 8 nitrogen and oxygen atoms in total. The van der Waals surface area contributed by atoms with Crippen molar-refractivity contribution >= 4 is 17.9 Å². The summed E-state index contributed by atoms with van der Waals surface area (Å²) < 4.78 is 25.7. The van der Waals surface area contributed by atoms with E-state index >= 15 is 0 Å². The summed E-state index contributed by atoms with van der Waals surface area (Å²) >= 11 is 0. The summed E-state index contributed by atoms with van der Waals surface area (Å²) in [5, 5.41) is 0. The lowest BCUT2D eigenvalue weighted by atomic mass is 10.0. The van der Waals surface area contributed by atoms with E-state index in [-0.39, 0.29) is 6.61 Å². The highest BCUT2D eigenvalue weighted by atomic mass is 16.6. The van der Waals surface area contributed by atoms with Crippen LogP contribution in [0.4, 0.5) is 0 Å². The number of methoxy groups -OCH3 is 2. The van der Waals surface area contributed by atoms with Crippen LogP contribution in [0.1, 0.15) is 27.7 Å². The van der Waals surface area contributed by atoms with Crippen LogP contribution in [0.2, 0.25) is 0 Å². The Morgan fingerprint density at radius 2 is 1.36 bits per heavy atom. The molecule has 0 aliphatic rings. The van der Waals surface area contributed by atoms with E-state index in [0.29, 0.717) is 0 Å². The molecule has 0 aliphatic carbocycles. The van der Waals surface area contributed by atoms with Crippen LogP contribution in [-0.2, 0) is 38.1 Å². The fraction of sp³-hybridized carbons (Fsp3) is 0.786. The number of hydrogen-bond donors (Lipinski definition) is 0. The third-order valence-electron chi connectivity index (χ3n) is 2.83. The van der Waals surface area contributed by atoms with Gasteiger partial charge in [0.15, 0.2) is 6.10 Å². The molecular formula is C14H24O8. The highest BCUT2D eigenvalue weighted by Crippen LogP contribution is 2.18. The van der Waals surface area contributed by atoms with Gasteiger partial charge in [-0.25, -0.2) is 0 Å². The maximum atomic E-state index is 11.3. The van der Waals surface area contributed by atoms with Crippen molar-refractivity contribution in [3.63, 3.8) is 0 Å². The third-order valence-corrected chi connectivity index (χ3v) is 2.83. The molecule has 0 radical (unpaired) electrons. The molecule has 8 heteroatoms. The lowest BCUT2D eigenvalue weighted by Gasteiger charge is -2.33. The zero-order chi connectivity index (χ0) is 17.3. The molecule has 0 amide bonds. The van der Waals surface area contributed by atoms with Crippen LogP contribution < -0.4 is 0 Å². The molecule has 0 unspecified atom stereocenters. The Morgan fingerprint density at radius 3 is 1.73 bits per heavy atom. The molecule has 0 N–H and O–H groups in total. The lowest BCUT2D eigenvalue weighted by molar-refractivity contribution is -0.188. The fourth-order valence-electron chi connectivity index (χ4n) is 1.96. The maximum absolute atomic E-state index is 11.3. The van der Waals surface area contributed by atoms with Crippen LogP contribution in [0.3, 0.4) is 0 Å². The summed E-state index contributed by atoms with van der Waals surface area (Å²) in [5.74, 6) is -1.55. The molecule has 0 saturated heterocycles. The smallest absolute Gasteiger partial charge is 0.303 e. The standard InChI is InChI=1S/C14H24O8/c1-8(21-10(3)16)13(19-6)14(22-11(4)17)12(18-5)7-20-9(2)15/h8,12-14H,7H2,1-6H3/t8-,12+,13+,14-/m0/s1. The van der Waals surface area contributed by atoms with Crippen LogP contribution in [0, 0.1) is 0 Å². The number of ether oxygens (including phenoxy) is 5. The first-order chi connectivity index (χ1) is 10.2. The predicted molar refractivity (Wildman–Crippen MR) is 75.0 cm³/mol. The van der Waals surface area contributed by atoms with Gasteiger partial charge >= 0.3 is 17.9 Å². The minimum atomic E-state index is -0.916. The van der Waals surface area contributed by atoms with Crippen LogP contribution in [0.25, 0.3) is 0 Å². The van der Waals surface area contributed by atoms with Crippen molar-refractivity contribution in [1.29, 1.82) is 0 Å². The largest absolute Gasteiger partial charge is 0.463 e. The van der Waals surface area contributed by atoms with Crippen molar-refractivity contribution in [3.8, 4) is 0 Å². The van der Waals surface area contributed by atoms with Gasteiger partial charge in [-0.2, -0.15) is 0 Å². The van der Waals surface area contributed by atoms with Crippen LogP contribution >= 0.6 is 0 Å². The first-order valence-electron chi connectivity index (χ1n) is 6.76.